The Kier molecular flexibility index (Phi) is 9.12. The summed E-state index contributed by atoms with van der Waals surface area (Å²) in [4.78, 5) is 20.8. The highest BCUT2D eigenvalue weighted by Gasteiger charge is 2.17. The van der Waals surface area contributed by atoms with Crippen LogP contribution in [0.2, 0.25) is 0 Å². The SMILES string of the molecule is CCCNc1nc(N(CC)CC)nc2c(NCCC)nc(NC)nc12.Cl. The van der Waals surface area contributed by atoms with Crippen LogP contribution in [0.5, 0.6) is 0 Å². The van der Waals surface area contributed by atoms with Crippen molar-refractivity contribution in [1.82, 2.24) is 19.9 Å². The molecular formula is C17H31ClN8. The Morgan fingerprint density at radius 2 is 1.31 bits per heavy atom. The number of aromatic nitrogens is 4. The summed E-state index contributed by atoms with van der Waals surface area (Å²) < 4.78 is 0. The molecule has 0 aromatic carbocycles. The minimum Gasteiger partial charge on any atom is -0.368 e. The molecule has 3 N–H and O–H groups in total. The number of fused-ring (bicyclic) bond motifs is 1. The molecule has 0 radical (unpaired) electrons. The Bertz CT molecular complexity index is 690. The van der Waals surface area contributed by atoms with Crippen molar-refractivity contribution >= 4 is 47.0 Å². The van der Waals surface area contributed by atoms with E-state index in [0.29, 0.717) is 11.9 Å². The number of nitrogens with zero attached hydrogens (tertiary/aromatic N) is 5. The molecule has 0 atom stereocenters. The number of rotatable bonds is 10. The van der Waals surface area contributed by atoms with Crippen molar-refractivity contribution in [3.05, 3.63) is 0 Å². The average Bonchev–Trinajstić information content (AvgIpc) is 2.65. The molecule has 0 bridgehead atoms. The van der Waals surface area contributed by atoms with Crippen molar-refractivity contribution in [2.75, 3.05) is 54.1 Å². The van der Waals surface area contributed by atoms with E-state index in [4.69, 9.17) is 9.97 Å². The number of hydrogen-bond acceptors (Lipinski definition) is 8. The van der Waals surface area contributed by atoms with E-state index >= 15 is 0 Å². The van der Waals surface area contributed by atoms with E-state index in [1.165, 1.54) is 0 Å². The van der Waals surface area contributed by atoms with Crippen molar-refractivity contribution in [2.24, 2.45) is 0 Å². The van der Waals surface area contributed by atoms with Crippen LogP contribution >= 0.6 is 12.4 Å². The van der Waals surface area contributed by atoms with Crippen LogP contribution in [0.1, 0.15) is 40.5 Å². The maximum absolute atomic E-state index is 4.77. The fourth-order valence-corrected chi connectivity index (χ4v) is 2.50. The van der Waals surface area contributed by atoms with Gasteiger partial charge in [-0.25, -0.2) is 9.97 Å². The third kappa shape index (κ3) is 4.97. The van der Waals surface area contributed by atoms with Crippen molar-refractivity contribution in [3.63, 3.8) is 0 Å². The van der Waals surface area contributed by atoms with E-state index in [1.54, 1.807) is 0 Å². The van der Waals surface area contributed by atoms with Gasteiger partial charge in [-0.05, 0) is 26.7 Å². The quantitative estimate of drug-likeness (QED) is 0.576. The van der Waals surface area contributed by atoms with Gasteiger partial charge in [0, 0.05) is 33.2 Å². The maximum Gasteiger partial charge on any atom is 0.228 e. The molecule has 0 unspecified atom stereocenters. The molecule has 2 aromatic rings. The second kappa shape index (κ2) is 10.8. The summed E-state index contributed by atoms with van der Waals surface area (Å²) >= 11 is 0. The van der Waals surface area contributed by atoms with Crippen LogP contribution in [0, 0.1) is 0 Å². The molecule has 0 aliphatic rings. The lowest BCUT2D eigenvalue weighted by molar-refractivity contribution is 0.824. The monoisotopic (exact) mass is 382 g/mol. The fourth-order valence-electron chi connectivity index (χ4n) is 2.50. The predicted octanol–water partition coefficient (Wildman–Crippen LogP) is 3.37. The van der Waals surface area contributed by atoms with E-state index in [2.05, 4.69) is 58.5 Å². The van der Waals surface area contributed by atoms with Crippen LogP contribution in [0.15, 0.2) is 0 Å². The first kappa shape index (κ1) is 22.0. The van der Waals surface area contributed by atoms with Crippen LogP contribution in [0.4, 0.5) is 23.5 Å². The Hall–Kier alpha value is -2.09. The molecule has 26 heavy (non-hydrogen) atoms. The van der Waals surface area contributed by atoms with Gasteiger partial charge >= 0.3 is 0 Å². The summed E-state index contributed by atoms with van der Waals surface area (Å²) in [7, 11) is 1.81. The first-order valence-corrected chi connectivity index (χ1v) is 9.18. The van der Waals surface area contributed by atoms with Gasteiger partial charge in [0.15, 0.2) is 11.6 Å². The number of nitrogens with one attached hydrogen (secondary N) is 3. The van der Waals surface area contributed by atoms with E-state index < -0.39 is 0 Å². The molecule has 2 heterocycles. The van der Waals surface area contributed by atoms with Gasteiger partial charge in [-0.15, -0.1) is 12.4 Å². The van der Waals surface area contributed by atoms with Gasteiger partial charge in [0.25, 0.3) is 0 Å². The third-order valence-corrected chi connectivity index (χ3v) is 3.89. The molecule has 0 amide bonds. The van der Waals surface area contributed by atoms with Crippen LogP contribution < -0.4 is 20.9 Å². The standard InChI is InChI=1S/C17H30N8.ClH/c1-6-10-19-14-13-12(21-16(18-5)23-14)15(20-11-7-2)24-17(22-13)25(8-3)9-4;/h6-11H2,1-5H3,(H,20,22,24)(H2,18,19,21,23);1H. The zero-order valence-electron chi connectivity index (χ0n) is 16.4. The van der Waals surface area contributed by atoms with Gasteiger partial charge in [0.2, 0.25) is 11.9 Å². The smallest absolute Gasteiger partial charge is 0.228 e. The lowest BCUT2D eigenvalue weighted by Crippen LogP contribution is -2.25. The summed E-state index contributed by atoms with van der Waals surface area (Å²) in [6.07, 6.45) is 2.02. The second-order valence-electron chi connectivity index (χ2n) is 5.74. The Balaban J connectivity index is 0.00000338. The highest BCUT2D eigenvalue weighted by atomic mass is 35.5. The molecular weight excluding hydrogens is 352 g/mol. The topological polar surface area (TPSA) is 90.9 Å². The third-order valence-electron chi connectivity index (χ3n) is 3.89. The Morgan fingerprint density at radius 1 is 0.769 bits per heavy atom. The summed E-state index contributed by atoms with van der Waals surface area (Å²) in [6, 6.07) is 0. The van der Waals surface area contributed by atoms with Gasteiger partial charge < -0.3 is 20.9 Å². The highest BCUT2D eigenvalue weighted by Crippen LogP contribution is 2.28. The Morgan fingerprint density at radius 3 is 1.81 bits per heavy atom. The van der Waals surface area contributed by atoms with Crippen LogP contribution in [-0.4, -0.2) is 53.2 Å². The van der Waals surface area contributed by atoms with E-state index in [9.17, 15) is 0 Å². The second-order valence-corrected chi connectivity index (χ2v) is 5.74. The predicted molar refractivity (Wildman–Crippen MR) is 113 cm³/mol. The van der Waals surface area contributed by atoms with E-state index in [1.807, 2.05) is 7.05 Å². The van der Waals surface area contributed by atoms with Gasteiger partial charge in [-0.1, -0.05) is 13.8 Å². The van der Waals surface area contributed by atoms with Gasteiger partial charge in [0.1, 0.15) is 11.0 Å². The lowest BCUT2D eigenvalue weighted by Gasteiger charge is -2.21. The highest BCUT2D eigenvalue weighted by molar-refractivity contribution is 5.94. The molecule has 146 valence electrons. The first-order chi connectivity index (χ1) is 12.2. The van der Waals surface area contributed by atoms with E-state index in [0.717, 1.165) is 61.7 Å². The van der Waals surface area contributed by atoms with Crippen molar-refractivity contribution < 1.29 is 0 Å². The molecule has 0 fully saturated rings. The van der Waals surface area contributed by atoms with Gasteiger partial charge in [-0.3, -0.25) is 0 Å². The molecule has 2 rings (SSSR count). The fraction of sp³-hybridized carbons (Fsp3) is 0.647. The minimum atomic E-state index is 0. The van der Waals surface area contributed by atoms with Crippen LogP contribution in [0.3, 0.4) is 0 Å². The van der Waals surface area contributed by atoms with Gasteiger partial charge in [0.05, 0.1) is 0 Å². The zero-order chi connectivity index (χ0) is 18.2. The molecule has 0 spiro atoms. The molecule has 0 aliphatic heterocycles. The van der Waals surface area contributed by atoms with Crippen molar-refractivity contribution in [2.45, 2.75) is 40.5 Å². The van der Waals surface area contributed by atoms with Crippen LogP contribution in [-0.2, 0) is 0 Å². The summed E-state index contributed by atoms with van der Waals surface area (Å²) in [5.74, 6) is 2.76. The van der Waals surface area contributed by atoms with Crippen molar-refractivity contribution in [1.29, 1.82) is 0 Å². The van der Waals surface area contributed by atoms with Crippen molar-refractivity contribution in [3.8, 4) is 0 Å². The summed E-state index contributed by atoms with van der Waals surface area (Å²) in [5.41, 5.74) is 1.49. The number of halogens is 1. The molecule has 2 aromatic heterocycles. The molecule has 9 heteroatoms. The minimum absolute atomic E-state index is 0. The molecule has 8 nitrogen and oxygen atoms in total. The van der Waals surface area contributed by atoms with E-state index in [-0.39, 0.29) is 12.4 Å². The van der Waals surface area contributed by atoms with Crippen LogP contribution in [0.25, 0.3) is 11.0 Å². The number of anilines is 4. The zero-order valence-corrected chi connectivity index (χ0v) is 17.2. The summed E-state index contributed by atoms with van der Waals surface area (Å²) in [5, 5.41) is 9.78. The lowest BCUT2D eigenvalue weighted by atomic mass is 10.3. The molecule has 0 saturated carbocycles. The average molecular weight is 383 g/mol. The molecule has 0 saturated heterocycles. The maximum atomic E-state index is 4.77. The Labute approximate surface area is 162 Å². The largest absolute Gasteiger partial charge is 0.368 e. The normalized spacial score (nSPS) is 10.3. The first-order valence-electron chi connectivity index (χ1n) is 9.18. The summed E-state index contributed by atoms with van der Waals surface area (Å²) in [6.45, 7) is 11.8. The van der Waals surface area contributed by atoms with Gasteiger partial charge in [-0.2, -0.15) is 9.97 Å². The number of hydrogen-bond donors (Lipinski definition) is 3. The molecule has 0 aliphatic carbocycles.